The van der Waals surface area contributed by atoms with Crippen LogP contribution in [-0.4, -0.2) is 54.3 Å². The number of nitrogens with zero attached hydrogens (tertiary/aromatic N) is 2. The van der Waals surface area contributed by atoms with Gasteiger partial charge in [-0.3, -0.25) is 0 Å². The third-order valence-corrected chi connectivity index (χ3v) is 4.99. The van der Waals surface area contributed by atoms with E-state index < -0.39 is 0 Å². The molecular formula is C14H25N3OS. The van der Waals surface area contributed by atoms with E-state index in [2.05, 4.69) is 29.2 Å². The second-order valence-electron chi connectivity index (χ2n) is 5.53. The highest BCUT2D eigenvalue weighted by Crippen LogP contribution is 2.17. The van der Waals surface area contributed by atoms with Gasteiger partial charge in [0.05, 0.1) is 17.3 Å². The molecule has 0 amide bonds. The van der Waals surface area contributed by atoms with Crippen LogP contribution in [0.3, 0.4) is 0 Å². The number of nitrogens with one attached hydrogen (secondary N) is 1. The second kappa shape index (κ2) is 7.33. The third-order valence-electron chi connectivity index (χ3n) is 3.99. The normalized spacial score (nSPS) is 18.9. The molecule has 1 aromatic heterocycles. The number of aromatic nitrogens is 1. The molecule has 19 heavy (non-hydrogen) atoms. The van der Waals surface area contributed by atoms with Crippen molar-refractivity contribution in [3.8, 4) is 0 Å². The number of rotatable bonds is 6. The van der Waals surface area contributed by atoms with Gasteiger partial charge in [-0.05, 0) is 52.2 Å². The molecule has 1 fully saturated rings. The fraction of sp³-hybridized carbons (Fsp3) is 0.786. The average Bonchev–Trinajstić information content (AvgIpc) is 2.83. The first-order chi connectivity index (χ1) is 9.16. The number of thiazole rings is 1. The summed E-state index contributed by atoms with van der Waals surface area (Å²) in [6.45, 7) is 5.93. The Morgan fingerprint density at radius 3 is 2.89 bits per heavy atom. The van der Waals surface area contributed by atoms with Crippen LogP contribution >= 0.6 is 11.3 Å². The summed E-state index contributed by atoms with van der Waals surface area (Å²) >= 11 is 1.73. The number of likely N-dealkylation sites (N-methyl/N-ethyl adjacent to an activating group) is 1. The monoisotopic (exact) mass is 283 g/mol. The Hall–Kier alpha value is -0.490. The van der Waals surface area contributed by atoms with Crippen LogP contribution in [0.4, 0.5) is 0 Å². The van der Waals surface area contributed by atoms with E-state index in [9.17, 15) is 5.11 Å². The minimum absolute atomic E-state index is 0.186. The number of aliphatic hydroxyl groups excluding tert-OH is 1. The lowest BCUT2D eigenvalue weighted by Crippen LogP contribution is -2.40. The molecule has 1 aliphatic rings. The maximum absolute atomic E-state index is 10.3. The molecule has 0 saturated carbocycles. The quantitative estimate of drug-likeness (QED) is 0.826. The predicted molar refractivity (Wildman–Crippen MR) is 79.7 cm³/mol. The lowest BCUT2D eigenvalue weighted by molar-refractivity contribution is 0.0584. The lowest BCUT2D eigenvalue weighted by Gasteiger charge is -2.30. The van der Waals surface area contributed by atoms with Gasteiger partial charge in [0.1, 0.15) is 0 Å². The van der Waals surface area contributed by atoms with Crippen molar-refractivity contribution in [2.45, 2.75) is 32.3 Å². The van der Waals surface area contributed by atoms with Gasteiger partial charge in [-0.1, -0.05) is 0 Å². The molecule has 2 heterocycles. The van der Waals surface area contributed by atoms with E-state index in [1.807, 2.05) is 5.51 Å². The van der Waals surface area contributed by atoms with Crippen LogP contribution in [0.5, 0.6) is 0 Å². The Balaban J connectivity index is 1.71. The topological polar surface area (TPSA) is 48.4 Å². The van der Waals surface area contributed by atoms with Crippen molar-refractivity contribution in [2.75, 3.05) is 33.2 Å². The first-order valence-electron chi connectivity index (χ1n) is 7.13. The number of hydrogen-bond donors (Lipinski definition) is 2. The van der Waals surface area contributed by atoms with E-state index in [1.54, 1.807) is 11.3 Å². The Labute approximate surface area is 119 Å². The summed E-state index contributed by atoms with van der Waals surface area (Å²) < 4.78 is 0. The van der Waals surface area contributed by atoms with Crippen molar-refractivity contribution >= 4 is 11.3 Å². The van der Waals surface area contributed by atoms with Crippen LogP contribution in [0.25, 0.3) is 0 Å². The number of piperidine rings is 1. The molecule has 1 atom stereocenters. The molecule has 2 rings (SSSR count). The summed E-state index contributed by atoms with van der Waals surface area (Å²) in [5, 5.41) is 13.6. The van der Waals surface area contributed by atoms with Crippen molar-refractivity contribution in [1.29, 1.82) is 0 Å². The van der Waals surface area contributed by atoms with E-state index >= 15 is 0 Å². The molecular weight excluding hydrogens is 258 g/mol. The fourth-order valence-electron chi connectivity index (χ4n) is 2.65. The molecule has 5 heteroatoms. The molecule has 4 nitrogen and oxygen atoms in total. The summed E-state index contributed by atoms with van der Waals surface area (Å²) in [6.07, 6.45) is 3.05. The van der Waals surface area contributed by atoms with E-state index in [-0.39, 0.29) is 6.10 Å². The van der Waals surface area contributed by atoms with Gasteiger partial charge in [0.2, 0.25) is 0 Å². The van der Waals surface area contributed by atoms with Gasteiger partial charge in [0, 0.05) is 18.0 Å². The van der Waals surface area contributed by atoms with Gasteiger partial charge in [-0.2, -0.15) is 0 Å². The van der Waals surface area contributed by atoms with Crippen LogP contribution in [0, 0.1) is 12.8 Å². The number of aliphatic hydroxyl groups is 1. The molecule has 0 radical (unpaired) electrons. The van der Waals surface area contributed by atoms with Crippen molar-refractivity contribution in [1.82, 2.24) is 15.2 Å². The highest BCUT2D eigenvalue weighted by molar-refractivity contribution is 7.09. The van der Waals surface area contributed by atoms with E-state index in [0.29, 0.717) is 5.92 Å². The molecule has 2 N–H and O–H groups in total. The summed E-state index contributed by atoms with van der Waals surface area (Å²) in [6, 6.07) is 0. The largest absolute Gasteiger partial charge is 0.392 e. The molecule has 1 aliphatic heterocycles. The predicted octanol–water partition coefficient (Wildman–Crippen LogP) is 1.29. The lowest BCUT2D eigenvalue weighted by atomic mass is 9.92. The Morgan fingerprint density at radius 1 is 1.53 bits per heavy atom. The van der Waals surface area contributed by atoms with E-state index in [0.717, 1.165) is 51.1 Å². The van der Waals surface area contributed by atoms with Crippen molar-refractivity contribution in [3.05, 3.63) is 16.1 Å². The minimum Gasteiger partial charge on any atom is -0.392 e. The summed E-state index contributed by atoms with van der Waals surface area (Å²) in [5.41, 5.74) is 3.06. The summed E-state index contributed by atoms with van der Waals surface area (Å²) in [4.78, 5) is 7.88. The maximum Gasteiger partial charge on any atom is 0.0797 e. The Bertz CT molecular complexity index is 377. The number of hydrogen-bond acceptors (Lipinski definition) is 5. The van der Waals surface area contributed by atoms with Crippen molar-refractivity contribution in [2.24, 2.45) is 5.92 Å². The standard InChI is InChI=1S/C14H25N3OS/c1-11-14(19-10-16-11)5-8-17(2)9-13(18)12-3-6-15-7-4-12/h10,12-13,15,18H,3-9H2,1-2H3. The molecule has 0 aliphatic carbocycles. The molecule has 108 valence electrons. The highest BCUT2D eigenvalue weighted by Gasteiger charge is 2.22. The zero-order chi connectivity index (χ0) is 13.7. The molecule has 0 spiro atoms. The zero-order valence-electron chi connectivity index (χ0n) is 11.9. The van der Waals surface area contributed by atoms with Gasteiger partial charge in [-0.15, -0.1) is 11.3 Å². The molecule has 0 aromatic carbocycles. The van der Waals surface area contributed by atoms with Crippen LogP contribution < -0.4 is 5.32 Å². The molecule has 1 unspecified atom stereocenters. The van der Waals surface area contributed by atoms with Crippen molar-refractivity contribution in [3.63, 3.8) is 0 Å². The fourth-order valence-corrected chi connectivity index (χ4v) is 3.42. The molecule has 1 saturated heterocycles. The van der Waals surface area contributed by atoms with Crippen LogP contribution in [0.15, 0.2) is 5.51 Å². The molecule has 1 aromatic rings. The van der Waals surface area contributed by atoms with Gasteiger partial charge in [0.25, 0.3) is 0 Å². The maximum atomic E-state index is 10.3. The summed E-state index contributed by atoms with van der Waals surface area (Å²) in [7, 11) is 2.10. The number of aryl methyl sites for hydroxylation is 1. The van der Waals surface area contributed by atoms with Gasteiger partial charge < -0.3 is 15.3 Å². The van der Waals surface area contributed by atoms with E-state index in [1.165, 1.54) is 4.88 Å². The van der Waals surface area contributed by atoms with Crippen molar-refractivity contribution < 1.29 is 5.11 Å². The third kappa shape index (κ3) is 4.53. The Kier molecular flexibility index (Phi) is 5.76. The minimum atomic E-state index is -0.186. The smallest absolute Gasteiger partial charge is 0.0797 e. The second-order valence-corrected chi connectivity index (χ2v) is 6.47. The first-order valence-corrected chi connectivity index (χ1v) is 8.01. The van der Waals surface area contributed by atoms with Crippen LogP contribution in [0.1, 0.15) is 23.4 Å². The summed E-state index contributed by atoms with van der Waals surface area (Å²) in [5.74, 6) is 0.467. The highest BCUT2D eigenvalue weighted by atomic mass is 32.1. The van der Waals surface area contributed by atoms with Gasteiger partial charge in [-0.25, -0.2) is 4.98 Å². The first kappa shape index (κ1) is 14.9. The van der Waals surface area contributed by atoms with Crippen LogP contribution in [0.2, 0.25) is 0 Å². The SMILES string of the molecule is Cc1ncsc1CCN(C)CC(O)C1CCNCC1. The van der Waals surface area contributed by atoms with Crippen LogP contribution in [-0.2, 0) is 6.42 Å². The molecule has 0 bridgehead atoms. The zero-order valence-corrected chi connectivity index (χ0v) is 12.7. The van der Waals surface area contributed by atoms with Gasteiger partial charge >= 0.3 is 0 Å². The average molecular weight is 283 g/mol. The van der Waals surface area contributed by atoms with Gasteiger partial charge in [0.15, 0.2) is 0 Å². The Morgan fingerprint density at radius 2 is 2.26 bits per heavy atom. The van der Waals surface area contributed by atoms with E-state index in [4.69, 9.17) is 0 Å².